The molecule has 0 rings (SSSR count). The normalized spacial score (nSPS) is 8.36. The Morgan fingerprint density at radius 1 is 1.64 bits per heavy atom. The fourth-order valence-corrected chi connectivity index (χ4v) is 0.527. The summed E-state index contributed by atoms with van der Waals surface area (Å²) in [4.78, 5) is 31.2. The average molecular weight is 200 g/mol. The van der Waals surface area contributed by atoms with Gasteiger partial charge in [-0.05, 0) is 6.92 Å². The average Bonchev–Trinajstić information content (AvgIpc) is 2.13. The number of isocyanates is 1. The second kappa shape index (κ2) is 5.50. The van der Waals surface area contributed by atoms with Crippen LogP contribution in [0, 0.1) is 0 Å². The van der Waals surface area contributed by atoms with Crippen molar-refractivity contribution in [1.82, 2.24) is 5.01 Å². The smallest absolute Gasteiger partial charge is 0.436 e. The van der Waals surface area contributed by atoms with Crippen LogP contribution in [0.3, 0.4) is 0 Å². The van der Waals surface area contributed by atoms with E-state index in [9.17, 15) is 14.4 Å². The van der Waals surface area contributed by atoms with Gasteiger partial charge < -0.3 is 9.84 Å². The molecule has 0 aromatic carbocycles. The number of carbonyl (C=O) groups is 2. The lowest BCUT2D eigenvalue weighted by Crippen LogP contribution is -2.29. The van der Waals surface area contributed by atoms with Gasteiger partial charge in [0.2, 0.25) is 0 Å². The van der Waals surface area contributed by atoms with Gasteiger partial charge in [0, 0.05) is 0 Å². The molecule has 0 bridgehead atoms. The molecule has 0 aromatic rings. The highest BCUT2D eigenvalue weighted by atomic mass is 16.6. The third-order valence-electron chi connectivity index (χ3n) is 1.08. The molecule has 0 atom stereocenters. The molecule has 0 saturated carbocycles. The Morgan fingerprint density at radius 2 is 2.21 bits per heavy atom. The van der Waals surface area contributed by atoms with E-state index in [0.717, 1.165) is 6.08 Å². The van der Waals surface area contributed by atoms with E-state index in [-0.39, 0.29) is 11.6 Å². The van der Waals surface area contributed by atoms with Crippen LogP contribution >= 0.6 is 0 Å². The molecule has 14 heavy (non-hydrogen) atoms. The minimum atomic E-state index is -1.49. The van der Waals surface area contributed by atoms with Crippen LogP contribution in [0.1, 0.15) is 6.92 Å². The number of aliphatic carboxylic acids is 1. The Hall–Kier alpha value is -2.14. The molecule has 0 aliphatic heterocycles. The maximum absolute atomic E-state index is 11.0. The number of carboxylic acids is 1. The van der Waals surface area contributed by atoms with Crippen molar-refractivity contribution in [2.45, 2.75) is 6.92 Å². The van der Waals surface area contributed by atoms with Gasteiger partial charge in [-0.25, -0.2) is 14.4 Å². The second-order valence-corrected chi connectivity index (χ2v) is 1.95. The molecular weight excluding hydrogens is 192 g/mol. The number of amides is 1. The summed E-state index contributed by atoms with van der Waals surface area (Å²) in [6.07, 6.45) is -0.0754. The van der Waals surface area contributed by atoms with Crippen LogP contribution in [0.2, 0.25) is 0 Å². The van der Waals surface area contributed by atoms with Crippen molar-refractivity contribution in [3.63, 3.8) is 0 Å². The zero-order valence-electron chi connectivity index (χ0n) is 7.39. The molecule has 1 N–H and O–H groups in total. The van der Waals surface area contributed by atoms with E-state index < -0.39 is 17.8 Å². The Labute approximate surface area is 79.3 Å². The van der Waals surface area contributed by atoms with E-state index in [1.54, 1.807) is 0 Å². The summed E-state index contributed by atoms with van der Waals surface area (Å²) in [5, 5.41) is 11.5. The van der Waals surface area contributed by atoms with E-state index in [0.29, 0.717) is 0 Å². The predicted octanol–water partition coefficient (Wildman–Crippen LogP) is 0.294. The summed E-state index contributed by atoms with van der Waals surface area (Å²) in [6, 6.07) is 0. The predicted molar refractivity (Wildman–Crippen MR) is 43.8 cm³/mol. The first kappa shape index (κ1) is 11.9. The Balaban J connectivity index is 4.76. The molecule has 1 amide bonds. The molecular formula is C7H8N2O5. The number of hydrogen-bond donors (Lipinski definition) is 1. The first-order chi connectivity index (χ1) is 6.54. The van der Waals surface area contributed by atoms with Crippen molar-refractivity contribution in [3.05, 3.63) is 12.3 Å². The standard InChI is InChI=1S/C7H8N2O5/c1-3-14-7(13)9(8-4-10)5(2)6(11)12/h2-3H2,1H3,(H,11,12). The summed E-state index contributed by atoms with van der Waals surface area (Å²) in [5.74, 6) is -1.49. The van der Waals surface area contributed by atoms with E-state index in [2.05, 4.69) is 16.4 Å². The molecule has 0 heterocycles. The summed E-state index contributed by atoms with van der Waals surface area (Å²) >= 11 is 0. The number of nitrogens with zero attached hydrogens (tertiary/aromatic N) is 2. The zero-order chi connectivity index (χ0) is 11.1. The highest BCUT2D eigenvalue weighted by molar-refractivity contribution is 5.90. The first-order valence-electron chi connectivity index (χ1n) is 3.51. The van der Waals surface area contributed by atoms with Crippen LogP contribution in [-0.4, -0.2) is 34.9 Å². The van der Waals surface area contributed by atoms with Crippen LogP contribution in [0.15, 0.2) is 17.4 Å². The fraction of sp³-hybridized carbons (Fsp3) is 0.286. The van der Waals surface area contributed by atoms with Crippen molar-refractivity contribution in [2.75, 3.05) is 6.61 Å². The number of carbonyl (C=O) groups excluding carboxylic acids is 2. The molecule has 0 unspecified atom stereocenters. The number of carboxylic acid groups (broad SMARTS) is 1. The van der Waals surface area contributed by atoms with Crippen molar-refractivity contribution >= 4 is 18.1 Å². The van der Waals surface area contributed by atoms with Gasteiger partial charge in [0.05, 0.1) is 6.61 Å². The number of hydrogen-bond acceptors (Lipinski definition) is 5. The monoisotopic (exact) mass is 200 g/mol. The Bertz CT molecular complexity index is 305. The molecule has 0 saturated heterocycles. The van der Waals surface area contributed by atoms with Gasteiger partial charge in [-0.15, -0.1) is 5.01 Å². The van der Waals surface area contributed by atoms with Crippen molar-refractivity contribution in [1.29, 1.82) is 0 Å². The van der Waals surface area contributed by atoms with E-state index in [1.807, 2.05) is 0 Å². The van der Waals surface area contributed by atoms with Crippen molar-refractivity contribution in [2.24, 2.45) is 5.10 Å². The minimum Gasteiger partial charge on any atom is -0.477 e. The van der Waals surface area contributed by atoms with Crippen LogP contribution in [0.5, 0.6) is 0 Å². The van der Waals surface area contributed by atoms with Gasteiger partial charge in [-0.2, -0.15) is 0 Å². The molecule has 0 radical (unpaired) electrons. The molecule has 76 valence electrons. The van der Waals surface area contributed by atoms with Crippen molar-refractivity contribution < 1.29 is 24.2 Å². The largest absolute Gasteiger partial charge is 0.477 e. The third kappa shape index (κ3) is 3.08. The second-order valence-electron chi connectivity index (χ2n) is 1.95. The quantitative estimate of drug-likeness (QED) is 0.304. The van der Waals surface area contributed by atoms with Crippen LogP contribution < -0.4 is 0 Å². The highest BCUT2D eigenvalue weighted by Crippen LogP contribution is 2.04. The summed E-state index contributed by atoms with van der Waals surface area (Å²) in [6.45, 7) is 4.57. The van der Waals surface area contributed by atoms with Gasteiger partial charge in [0.1, 0.15) is 0 Å². The highest BCUT2D eigenvalue weighted by Gasteiger charge is 2.22. The first-order valence-corrected chi connectivity index (χ1v) is 3.51. The lowest BCUT2D eigenvalue weighted by Gasteiger charge is -2.12. The van der Waals surface area contributed by atoms with Crippen molar-refractivity contribution in [3.8, 4) is 0 Å². The van der Waals surface area contributed by atoms with Gasteiger partial charge >= 0.3 is 12.1 Å². The third-order valence-corrected chi connectivity index (χ3v) is 1.08. The van der Waals surface area contributed by atoms with Crippen LogP contribution in [0.25, 0.3) is 0 Å². The maximum atomic E-state index is 11.0. The molecule has 0 aliphatic rings. The molecule has 0 aromatic heterocycles. The maximum Gasteiger partial charge on any atom is 0.436 e. The van der Waals surface area contributed by atoms with Gasteiger partial charge in [-0.3, -0.25) is 0 Å². The van der Waals surface area contributed by atoms with Crippen LogP contribution in [-0.2, 0) is 14.3 Å². The van der Waals surface area contributed by atoms with E-state index in [1.165, 1.54) is 6.92 Å². The SMILES string of the molecule is C=C(C(=O)O)N(N=C=O)C(=O)OCC. The number of rotatable bonds is 4. The molecule has 7 nitrogen and oxygen atoms in total. The topological polar surface area (TPSA) is 96.3 Å². The van der Waals surface area contributed by atoms with Gasteiger partial charge in [0.15, 0.2) is 5.70 Å². The number of ether oxygens (including phenoxy) is 1. The lowest BCUT2D eigenvalue weighted by atomic mass is 10.5. The van der Waals surface area contributed by atoms with Gasteiger partial charge in [0.25, 0.3) is 6.08 Å². The zero-order valence-corrected chi connectivity index (χ0v) is 7.39. The van der Waals surface area contributed by atoms with Gasteiger partial charge in [-0.1, -0.05) is 11.7 Å². The Kier molecular flexibility index (Phi) is 4.66. The fourth-order valence-electron chi connectivity index (χ4n) is 0.527. The van der Waals surface area contributed by atoms with Crippen LogP contribution in [0.4, 0.5) is 4.79 Å². The summed E-state index contributed by atoms with van der Waals surface area (Å²) in [5.41, 5.74) is -0.688. The minimum absolute atomic E-state index is 0.0244. The molecule has 0 spiro atoms. The Morgan fingerprint density at radius 3 is 2.57 bits per heavy atom. The molecule has 0 aliphatic carbocycles. The van der Waals surface area contributed by atoms with E-state index >= 15 is 0 Å². The lowest BCUT2D eigenvalue weighted by molar-refractivity contribution is -0.134. The molecule has 7 heteroatoms. The molecule has 0 fully saturated rings. The summed E-state index contributed by atoms with van der Waals surface area (Å²) in [7, 11) is 0. The number of hydrazone groups is 1. The summed E-state index contributed by atoms with van der Waals surface area (Å²) < 4.78 is 4.42. The van der Waals surface area contributed by atoms with E-state index in [4.69, 9.17) is 5.11 Å².